The molecule has 0 fully saturated rings. The highest BCUT2D eigenvalue weighted by Crippen LogP contribution is 2.48. The van der Waals surface area contributed by atoms with Crippen LogP contribution in [-0.2, 0) is 12.1 Å². The summed E-state index contributed by atoms with van der Waals surface area (Å²) in [5.74, 6) is 6.70. The molecule has 1 atom stereocenters. The van der Waals surface area contributed by atoms with Gasteiger partial charge in [-0.05, 0) is 48.9 Å². The van der Waals surface area contributed by atoms with Crippen molar-refractivity contribution < 1.29 is 10.0 Å². The van der Waals surface area contributed by atoms with E-state index in [-0.39, 0.29) is 5.54 Å². The molecule has 0 saturated heterocycles. The van der Waals surface area contributed by atoms with E-state index >= 15 is 0 Å². The third-order valence-corrected chi connectivity index (χ3v) is 6.13. The van der Waals surface area contributed by atoms with E-state index in [0.717, 1.165) is 35.3 Å². The molecule has 1 aliphatic rings. The van der Waals surface area contributed by atoms with Crippen molar-refractivity contribution in [2.45, 2.75) is 44.9 Å². The number of quaternary nitrogens is 1. The van der Waals surface area contributed by atoms with Gasteiger partial charge in [-0.3, -0.25) is 0 Å². The molecule has 0 saturated carbocycles. The molecule has 3 aromatic rings. The molecule has 4 rings (SSSR count). The zero-order valence-electron chi connectivity index (χ0n) is 18.1. The molecule has 152 valence electrons. The molecule has 0 radical (unpaired) electrons. The van der Waals surface area contributed by atoms with Gasteiger partial charge in [-0.25, -0.2) is 0 Å². The molecule has 2 nitrogen and oxygen atoms in total. The first kappa shape index (κ1) is 20.4. The Hall–Kier alpha value is -2.86. The van der Waals surface area contributed by atoms with Crippen molar-refractivity contribution in [1.29, 1.82) is 0 Å². The molecule has 0 aliphatic heterocycles. The van der Waals surface area contributed by atoms with Crippen LogP contribution < -0.4 is 4.90 Å². The summed E-state index contributed by atoms with van der Waals surface area (Å²) in [6.07, 6.45) is 0.407. The Morgan fingerprint density at radius 2 is 1.30 bits per heavy atom. The summed E-state index contributed by atoms with van der Waals surface area (Å²) < 4.78 is 0. The summed E-state index contributed by atoms with van der Waals surface area (Å²) in [4.78, 5) is 1.42. The Bertz CT molecular complexity index is 1040. The molecule has 3 aromatic carbocycles. The van der Waals surface area contributed by atoms with Crippen molar-refractivity contribution in [1.82, 2.24) is 0 Å². The third kappa shape index (κ3) is 3.92. The van der Waals surface area contributed by atoms with E-state index in [4.69, 9.17) is 0 Å². The highest BCUT2D eigenvalue weighted by Gasteiger charge is 2.40. The number of nitrogens with one attached hydrogen (secondary N) is 1. The smallest absolute Gasteiger partial charge is 0.140 e. The van der Waals surface area contributed by atoms with Crippen molar-refractivity contribution >= 4 is 0 Å². The number of aliphatic hydroxyl groups is 1. The van der Waals surface area contributed by atoms with Gasteiger partial charge in [-0.1, -0.05) is 84.8 Å². The SMILES string of the molecule is CC(C)(C)[NH+](CC#CCC1(O)c2ccccc2-c2ccccc21)Cc1ccccc1. The largest absolute Gasteiger partial charge is 0.379 e. The number of hydrogen-bond acceptors (Lipinski definition) is 1. The van der Waals surface area contributed by atoms with Crippen LogP contribution in [0.3, 0.4) is 0 Å². The van der Waals surface area contributed by atoms with Crippen LogP contribution in [0.4, 0.5) is 0 Å². The van der Waals surface area contributed by atoms with E-state index in [1.165, 1.54) is 10.5 Å². The minimum Gasteiger partial charge on any atom is -0.379 e. The second-order valence-corrected chi connectivity index (χ2v) is 9.17. The van der Waals surface area contributed by atoms with Crippen molar-refractivity contribution in [3.63, 3.8) is 0 Å². The number of benzene rings is 3. The average molecular weight is 397 g/mol. The van der Waals surface area contributed by atoms with E-state index in [1.807, 2.05) is 36.4 Å². The Kier molecular flexibility index (Phi) is 5.52. The lowest BCUT2D eigenvalue weighted by molar-refractivity contribution is -0.953. The van der Waals surface area contributed by atoms with Gasteiger partial charge in [0.2, 0.25) is 0 Å². The molecule has 1 aliphatic carbocycles. The van der Waals surface area contributed by atoms with Gasteiger partial charge in [0.15, 0.2) is 0 Å². The van der Waals surface area contributed by atoms with E-state index < -0.39 is 5.60 Å². The van der Waals surface area contributed by atoms with Gasteiger partial charge in [0.25, 0.3) is 0 Å². The van der Waals surface area contributed by atoms with Crippen LogP contribution in [0.1, 0.15) is 43.9 Å². The van der Waals surface area contributed by atoms with Gasteiger partial charge < -0.3 is 10.0 Å². The first-order valence-electron chi connectivity index (χ1n) is 10.7. The summed E-state index contributed by atoms with van der Waals surface area (Å²) >= 11 is 0. The van der Waals surface area contributed by atoms with Crippen LogP contribution in [0.2, 0.25) is 0 Å². The Morgan fingerprint density at radius 1 is 0.767 bits per heavy atom. The number of hydrogen-bond donors (Lipinski definition) is 2. The van der Waals surface area contributed by atoms with Crippen molar-refractivity contribution in [3.05, 3.63) is 95.6 Å². The molecule has 0 heterocycles. The molecule has 0 bridgehead atoms. The Balaban J connectivity index is 1.55. The summed E-state index contributed by atoms with van der Waals surface area (Å²) in [5, 5.41) is 11.6. The van der Waals surface area contributed by atoms with Crippen molar-refractivity contribution in [3.8, 4) is 23.0 Å². The molecule has 1 unspecified atom stereocenters. The zero-order valence-corrected chi connectivity index (χ0v) is 18.1. The lowest BCUT2D eigenvalue weighted by Crippen LogP contribution is -3.17. The third-order valence-electron chi connectivity index (χ3n) is 6.13. The number of fused-ring (bicyclic) bond motifs is 3. The van der Waals surface area contributed by atoms with E-state index in [2.05, 4.69) is 75.1 Å². The maximum absolute atomic E-state index is 11.6. The molecular weight excluding hydrogens is 366 g/mol. The van der Waals surface area contributed by atoms with Gasteiger partial charge in [-0.15, -0.1) is 0 Å². The predicted octanol–water partition coefficient (Wildman–Crippen LogP) is 4.18. The minimum atomic E-state index is -1.04. The zero-order chi connectivity index (χ0) is 21.2. The lowest BCUT2D eigenvalue weighted by Gasteiger charge is -2.31. The molecule has 2 N–H and O–H groups in total. The monoisotopic (exact) mass is 396 g/mol. The van der Waals surface area contributed by atoms with Crippen LogP contribution in [0.15, 0.2) is 78.9 Å². The van der Waals surface area contributed by atoms with Crippen LogP contribution in [-0.4, -0.2) is 17.2 Å². The van der Waals surface area contributed by atoms with Gasteiger partial charge in [0.05, 0.1) is 5.54 Å². The number of rotatable bonds is 4. The first-order valence-corrected chi connectivity index (χ1v) is 10.7. The van der Waals surface area contributed by atoms with Crippen LogP contribution >= 0.6 is 0 Å². The van der Waals surface area contributed by atoms with E-state index in [1.54, 1.807) is 0 Å². The van der Waals surface area contributed by atoms with E-state index in [9.17, 15) is 5.11 Å². The fraction of sp³-hybridized carbons (Fsp3) is 0.286. The fourth-order valence-corrected chi connectivity index (χ4v) is 4.29. The second kappa shape index (κ2) is 8.11. The van der Waals surface area contributed by atoms with Crippen LogP contribution in [0.25, 0.3) is 11.1 Å². The average Bonchev–Trinajstić information content (AvgIpc) is 3.00. The molecule has 0 aromatic heterocycles. The first-order chi connectivity index (χ1) is 14.4. The maximum atomic E-state index is 11.6. The van der Waals surface area contributed by atoms with Gasteiger partial charge in [0, 0.05) is 12.0 Å². The molecule has 2 heteroatoms. The van der Waals surface area contributed by atoms with Gasteiger partial charge >= 0.3 is 0 Å². The highest BCUT2D eigenvalue weighted by atomic mass is 16.3. The Labute approximate surface area is 180 Å². The topological polar surface area (TPSA) is 24.7 Å². The second-order valence-electron chi connectivity index (χ2n) is 9.17. The van der Waals surface area contributed by atoms with Crippen molar-refractivity contribution in [2.24, 2.45) is 0 Å². The molecule has 30 heavy (non-hydrogen) atoms. The Morgan fingerprint density at radius 3 is 1.87 bits per heavy atom. The molecule has 0 spiro atoms. The standard InChI is InChI=1S/C28H29NO/c1-27(2,3)29(21-22-13-5-4-6-14-22)20-12-11-19-28(30)25-17-9-7-15-23(25)24-16-8-10-18-26(24)28/h4-10,13-18,30H,19-21H2,1-3H3/p+1. The summed E-state index contributed by atoms with van der Waals surface area (Å²) in [6.45, 7) is 8.45. The minimum absolute atomic E-state index is 0.0913. The van der Waals surface area contributed by atoms with E-state index in [0.29, 0.717) is 6.42 Å². The highest BCUT2D eigenvalue weighted by molar-refractivity contribution is 5.80. The van der Waals surface area contributed by atoms with Crippen molar-refractivity contribution in [2.75, 3.05) is 6.54 Å². The molecular formula is C28H30NO+. The summed E-state index contributed by atoms with van der Waals surface area (Å²) in [6, 6.07) is 26.9. The van der Waals surface area contributed by atoms with Gasteiger partial charge in [-0.2, -0.15) is 0 Å². The maximum Gasteiger partial charge on any atom is 0.140 e. The predicted molar refractivity (Wildman–Crippen MR) is 123 cm³/mol. The fourth-order valence-electron chi connectivity index (χ4n) is 4.29. The van der Waals surface area contributed by atoms with Crippen LogP contribution in [0, 0.1) is 11.8 Å². The normalized spacial score (nSPS) is 14.9. The van der Waals surface area contributed by atoms with Gasteiger partial charge in [0.1, 0.15) is 18.7 Å². The molecule has 0 amide bonds. The quantitative estimate of drug-likeness (QED) is 0.636. The van der Waals surface area contributed by atoms with Crippen LogP contribution in [0.5, 0.6) is 0 Å². The summed E-state index contributed by atoms with van der Waals surface area (Å²) in [5.41, 5.74) is 4.53. The lowest BCUT2D eigenvalue weighted by atomic mass is 9.88. The summed E-state index contributed by atoms with van der Waals surface area (Å²) in [7, 11) is 0.